The molecule has 1 amide bonds. The highest BCUT2D eigenvalue weighted by Gasteiger charge is 2.50. The summed E-state index contributed by atoms with van der Waals surface area (Å²) in [6.45, 7) is 0.416. The molecule has 174 valence electrons. The minimum absolute atomic E-state index is 0.281. The van der Waals surface area contributed by atoms with Crippen LogP contribution in [0.2, 0.25) is 0 Å². The zero-order chi connectivity index (χ0) is 24.4. The number of Topliss-reactive ketones (excluding diaryl/α,β-unsaturated/α-hetero) is 1. The van der Waals surface area contributed by atoms with Crippen molar-refractivity contribution in [1.82, 2.24) is 0 Å². The summed E-state index contributed by atoms with van der Waals surface area (Å²) in [5.74, 6) is -0.743. The zero-order valence-corrected chi connectivity index (χ0v) is 20.6. The van der Waals surface area contributed by atoms with Crippen LogP contribution in [0.25, 0.3) is 11.1 Å². The van der Waals surface area contributed by atoms with E-state index in [9.17, 15) is 14.7 Å². The van der Waals surface area contributed by atoms with Gasteiger partial charge in [0.05, 0.1) is 12.1 Å². The summed E-state index contributed by atoms with van der Waals surface area (Å²) in [4.78, 5) is 28.4. The second-order valence-electron chi connectivity index (χ2n) is 8.76. The first-order valence-electron chi connectivity index (χ1n) is 11.5. The lowest BCUT2D eigenvalue weighted by atomic mass is 9.88. The highest BCUT2D eigenvalue weighted by Crippen LogP contribution is 2.44. The van der Waals surface area contributed by atoms with Crippen molar-refractivity contribution < 1.29 is 14.7 Å². The summed E-state index contributed by atoms with van der Waals surface area (Å²) in [5.41, 5.74) is 2.81. The molecule has 4 nitrogen and oxygen atoms in total. The predicted octanol–water partition coefficient (Wildman–Crippen LogP) is 6.17. The van der Waals surface area contributed by atoms with Crippen molar-refractivity contribution in [3.05, 3.63) is 124 Å². The molecular formula is C30H24BrNO3. The Bertz CT molecular complexity index is 1370. The first kappa shape index (κ1) is 23.2. The van der Waals surface area contributed by atoms with Crippen molar-refractivity contribution in [2.24, 2.45) is 0 Å². The molecule has 4 aromatic carbocycles. The highest BCUT2D eigenvalue weighted by atomic mass is 79.9. The molecule has 0 saturated heterocycles. The fourth-order valence-electron chi connectivity index (χ4n) is 4.61. The van der Waals surface area contributed by atoms with Crippen molar-refractivity contribution >= 4 is 33.3 Å². The van der Waals surface area contributed by atoms with Crippen LogP contribution < -0.4 is 4.90 Å². The van der Waals surface area contributed by atoms with Crippen LogP contribution in [0, 0.1) is 0 Å². The molecule has 1 unspecified atom stereocenters. The van der Waals surface area contributed by atoms with E-state index in [1.165, 1.54) is 0 Å². The van der Waals surface area contributed by atoms with Crippen molar-refractivity contribution in [1.29, 1.82) is 0 Å². The van der Waals surface area contributed by atoms with Gasteiger partial charge in [-0.3, -0.25) is 9.59 Å². The predicted molar refractivity (Wildman–Crippen MR) is 141 cm³/mol. The Hall–Kier alpha value is -3.54. The van der Waals surface area contributed by atoms with Gasteiger partial charge in [0.1, 0.15) is 0 Å². The van der Waals surface area contributed by atoms with E-state index < -0.39 is 11.5 Å². The maximum atomic E-state index is 13.5. The van der Waals surface area contributed by atoms with Crippen LogP contribution in [0.3, 0.4) is 0 Å². The monoisotopic (exact) mass is 525 g/mol. The fourth-order valence-corrected chi connectivity index (χ4v) is 4.98. The lowest BCUT2D eigenvalue weighted by molar-refractivity contribution is -0.135. The standard InChI is InChI=1S/C30H24BrNO3/c31-25-15-16-27-26(19-25)30(35,29(34)32(27)18-17-21-7-3-1-4-8-21)20-28(33)24-13-11-23(12-14-24)22-9-5-2-6-10-22/h1-16,19,35H,17-18,20H2. The summed E-state index contributed by atoms with van der Waals surface area (Å²) in [7, 11) is 0. The van der Waals surface area contributed by atoms with Gasteiger partial charge in [0.25, 0.3) is 5.91 Å². The summed E-state index contributed by atoms with van der Waals surface area (Å²) in [5, 5.41) is 11.6. The van der Waals surface area contributed by atoms with E-state index in [2.05, 4.69) is 15.9 Å². The summed E-state index contributed by atoms with van der Waals surface area (Å²) in [6, 6.07) is 32.5. The number of ketones is 1. The molecule has 1 heterocycles. The quantitative estimate of drug-likeness (QED) is 0.293. The number of halogens is 1. The molecule has 1 atom stereocenters. The van der Waals surface area contributed by atoms with Gasteiger partial charge in [-0.05, 0) is 41.3 Å². The van der Waals surface area contributed by atoms with Crippen molar-refractivity contribution in [3.63, 3.8) is 0 Å². The number of hydrogen-bond acceptors (Lipinski definition) is 3. The highest BCUT2D eigenvalue weighted by molar-refractivity contribution is 9.10. The molecule has 0 saturated carbocycles. The Morgan fingerprint density at radius 1 is 0.829 bits per heavy atom. The summed E-state index contributed by atoms with van der Waals surface area (Å²) in [6.07, 6.45) is 0.328. The van der Waals surface area contributed by atoms with E-state index >= 15 is 0 Å². The van der Waals surface area contributed by atoms with Crippen LogP contribution >= 0.6 is 15.9 Å². The average molecular weight is 526 g/mol. The third-order valence-electron chi connectivity index (χ3n) is 6.49. The second-order valence-corrected chi connectivity index (χ2v) is 9.67. The molecular weight excluding hydrogens is 502 g/mol. The van der Waals surface area contributed by atoms with Crippen molar-refractivity contribution in [2.45, 2.75) is 18.4 Å². The third-order valence-corrected chi connectivity index (χ3v) is 6.98. The lowest BCUT2D eigenvalue weighted by Gasteiger charge is -2.23. The Kier molecular flexibility index (Phi) is 6.37. The number of amides is 1. The maximum absolute atomic E-state index is 13.5. The van der Waals surface area contributed by atoms with E-state index in [0.717, 1.165) is 21.2 Å². The van der Waals surface area contributed by atoms with E-state index in [4.69, 9.17) is 0 Å². The molecule has 0 fully saturated rings. The Balaban J connectivity index is 1.40. The van der Waals surface area contributed by atoms with Gasteiger partial charge in [0, 0.05) is 22.1 Å². The number of aliphatic hydroxyl groups is 1. The Morgan fingerprint density at radius 2 is 1.46 bits per heavy atom. The van der Waals surface area contributed by atoms with E-state index in [1.807, 2.05) is 84.9 Å². The summed E-state index contributed by atoms with van der Waals surface area (Å²) >= 11 is 3.45. The zero-order valence-electron chi connectivity index (χ0n) is 19.0. The fraction of sp³-hybridized carbons (Fsp3) is 0.133. The second kappa shape index (κ2) is 9.61. The molecule has 5 rings (SSSR count). The number of anilines is 1. The minimum Gasteiger partial charge on any atom is -0.375 e. The number of carbonyl (C=O) groups excluding carboxylic acids is 2. The SMILES string of the molecule is O=C(CC1(O)C(=O)N(CCc2ccccc2)c2ccc(Br)cc21)c1ccc(-c2ccccc2)cc1. The molecule has 35 heavy (non-hydrogen) atoms. The molecule has 0 aliphatic carbocycles. The average Bonchev–Trinajstić information content (AvgIpc) is 3.09. The number of hydrogen-bond donors (Lipinski definition) is 1. The van der Waals surface area contributed by atoms with Crippen LogP contribution in [0.4, 0.5) is 5.69 Å². The van der Waals surface area contributed by atoms with Crippen molar-refractivity contribution in [3.8, 4) is 11.1 Å². The van der Waals surface area contributed by atoms with Crippen molar-refractivity contribution in [2.75, 3.05) is 11.4 Å². The van der Waals surface area contributed by atoms with Gasteiger partial charge in [0.2, 0.25) is 0 Å². The normalized spacial score (nSPS) is 16.9. The van der Waals surface area contributed by atoms with Crippen LogP contribution in [0.5, 0.6) is 0 Å². The summed E-state index contributed by atoms with van der Waals surface area (Å²) < 4.78 is 0.743. The van der Waals surface area contributed by atoms with Gasteiger partial charge in [-0.15, -0.1) is 0 Å². The molecule has 1 aliphatic heterocycles. The van der Waals surface area contributed by atoms with Gasteiger partial charge in [-0.1, -0.05) is 101 Å². The Morgan fingerprint density at radius 3 is 2.14 bits per heavy atom. The van der Waals surface area contributed by atoms with E-state index in [0.29, 0.717) is 29.8 Å². The molecule has 1 N–H and O–H groups in total. The van der Waals surface area contributed by atoms with Gasteiger partial charge in [-0.2, -0.15) is 0 Å². The number of rotatable bonds is 7. The van der Waals surface area contributed by atoms with Gasteiger partial charge in [0.15, 0.2) is 11.4 Å². The number of fused-ring (bicyclic) bond motifs is 1. The molecule has 4 aromatic rings. The largest absolute Gasteiger partial charge is 0.375 e. The van der Waals surface area contributed by atoms with E-state index in [-0.39, 0.29) is 12.2 Å². The molecule has 0 aromatic heterocycles. The topological polar surface area (TPSA) is 57.6 Å². The molecule has 5 heteroatoms. The van der Waals surface area contributed by atoms with Crippen LogP contribution in [-0.2, 0) is 16.8 Å². The maximum Gasteiger partial charge on any atom is 0.264 e. The first-order valence-corrected chi connectivity index (χ1v) is 12.3. The Labute approximate surface area is 213 Å². The minimum atomic E-state index is -1.91. The van der Waals surface area contributed by atoms with Crippen LogP contribution in [-0.4, -0.2) is 23.3 Å². The molecule has 0 spiro atoms. The molecule has 0 bridgehead atoms. The van der Waals surface area contributed by atoms with Gasteiger partial charge in [-0.25, -0.2) is 0 Å². The van der Waals surface area contributed by atoms with Crippen LogP contribution in [0.15, 0.2) is 108 Å². The lowest BCUT2D eigenvalue weighted by Crippen LogP contribution is -2.42. The van der Waals surface area contributed by atoms with Crippen LogP contribution in [0.1, 0.15) is 27.9 Å². The number of nitrogens with zero attached hydrogens (tertiary/aromatic N) is 1. The smallest absolute Gasteiger partial charge is 0.264 e. The van der Waals surface area contributed by atoms with E-state index in [1.54, 1.807) is 23.1 Å². The number of carbonyl (C=O) groups is 2. The first-order chi connectivity index (χ1) is 17.0. The molecule has 0 radical (unpaired) electrons. The molecule has 1 aliphatic rings. The third kappa shape index (κ3) is 4.57. The van der Waals surface area contributed by atoms with Gasteiger partial charge < -0.3 is 10.0 Å². The van der Waals surface area contributed by atoms with Gasteiger partial charge >= 0.3 is 0 Å². The number of benzene rings is 4.